The molecule has 2 aliphatic rings. The highest BCUT2D eigenvalue weighted by Crippen LogP contribution is 2.25. The Balaban J connectivity index is 1.48. The maximum absolute atomic E-state index is 3.68. The molecule has 2 nitrogen and oxygen atoms in total. The van der Waals surface area contributed by atoms with Gasteiger partial charge in [-0.25, -0.2) is 0 Å². The van der Waals surface area contributed by atoms with Gasteiger partial charge in [-0.2, -0.15) is 23.5 Å². The van der Waals surface area contributed by atoms with Gasteiger partial charge in [-0.05, 0) is 12.0 Å². The lowest BCUT2D eigenvalue weighted by Gasteiger charge is -2.36. The van der Waals surface area contributed by atoms with Crippen LogP contribution < -0.4 is 5.32 Å². The average molecular weight is 309 g/mol. The molecule has 1 aromatic carbocycles. The van der Waals surface area contributed by atoms with Crippen LogP contribution in [0.5, 0.6) is 0 Å². The van der Waals surface area contributed by atoms with Crippen molar-refractivity contribution < 1.29 is 0 Å². The lowest BCUT2D eigenvalue weighted by Crippen LogP contribution is -2.53. The summed E-state index contributed by atoms with van der Waals surface area (Å²) in [6, 6.07) is 11.5. The van der Waals surface area contributed by atoms with Crippen molar-refractivity contribution in [2.24, 2.45) is 0 Å². The van der Waals surface area contributed by atoms with Gasteiger partial charge in [0.25, 0.3) is 0 Å². The summed E-state index contributed by atoms with van der Waals surface area (Å²) in [6.07, 6.45) is 1.16. The van der Waals surface area contributed by atoms with Crippen molar-refractivity contribution in [2.75, 3.05) is 43.4 Å². The molecule has 2 aliphatic heterocycles. The van der Waals surface area contributed by atoms with Crippen LogP contribution in [-0.4, -0.2) is 59.6 Å². The predicted molar refractivity (Wildman–Crippen MR) is 91.9 cm³/mol. The van der Waals surface area contributed by atoms with E-state index < -0.39 is 0 Å². The van der Waals surface area contributed by atoms with Crippen molar-refractivity contribution in [3.05, 3.63) is 35.9 Å². The summed E-state index contributed by atoms with van der Waals surface area (Å²) in [5, 5.41) is 4.53. The fraction of sp³-hybridized carbons (Fsp3) is 0.625. The molecule has 0 amide bonds. The average Bonchev–Trinajstić information content (AvgIpc) is 2.50. The Bertz CT molecular complexity index is 393. The molecule has 1 N–H and O–H groups in total. The van der Waals surface area contributed by atoms with Crippen LogP contribution in [0.1, 0.15) is 5.56 Å². The van der Waals surface area contributed by atoms with E-state index in [1.807, 2.05) is 0 Å². The van der Waals surface area contributed by atoms with Crippen molar-refractivity contribution in [3.63, 3.8) is 0 Å². The van der Waals surface area contributed by atoms with E-state index in [4.69, 9.17) is 0 Å². The molecular weight excluding hydrogens is 284 g/mol. The summed E-state index contributed by atoms with van der Waals surface area (Å²) in [5.41, 5.74) is 1.45. The number of benzene rings is 1. The van der Waals surface area contributed by atoms with E-state index in [1.165, 1.54) is 42.5 Å². The Morgan fingerprint density at radius 1 is 1.20 bits per heavy atom. The van der Waals surface area contributed by atoms with Crippen molar-refractivity contribution in [3.8, 4) is 0 Å². The minimum Gasteiger partial charge on any atom is -0.311 e. The second-order valence-corrected chi connectivity index (χ2v) is 8.23. The summed E-state index contributed by atoms with van der Waals surface area (Å²) in [4.78, 5) is 2.67. The number of rotatable bonds is 4. The standard InChI is InChI=1S/C16H24N2S2/c1-2-4-14(5-3-1)10-15-11-18(7-6-17-15)12-16-13-19-8-9-20-16/h1-5,15-17H,6-13H2. The molecule has 2 heterocycles. The Hall–Kier alpha value is -0.160. The van der Waals surface area contributed by atoms with Gasteiger partial charge in [-0.15, -0.1) is 0 Å². The maximum Gasteiger partial charge on any atom is 0.0265 e. The maximum atomic E-state index is 3.68. The lowest BCUT2D eigenvalue weighted by atomic mass is 10.0. The highest BCUT2D eigenvalue weighted by molar-refractivity contribution is 8.06. The molecule has 20 heavy (non-hydrogen) atoms. The molecule has 0 aromatic heterocycles. The SMILES string of the molecule is c1ccc(CC2CN(CC3CSCCS3)CCN2)cc1. The minimum absolute atomic E-state index is 0.618. The summed E-state index contributed by atoms with van der Waals surface area (Å²) in [7, 11) is 0. The Labute approximate surface area is 131 Å². The normalized spacial score (nSPS) is 28.4. The molecule has 0 aliphatic carbocycles. The molecule has 2 unspecified atom stereocenters. The van der Waals surface area contributed by atoms with Crippen LogP contribution in [0.3, 0.4) is 0 Å². The van der Waals surface area contributed by atoms with E-state index in [1.54, 1.807) is 0 Å². The van der Waals surface area contributed by atoms with Gasteiger partial charge < -0.3 is 5.32 Å². The van der Waals surface area contributed by atoms with Crippen LogP contribution in [0.2, 0.25) is 0 Å². The van der Waals surface area contributed by atoms with Crippen LogP contribution in [0, 0.1) is 0 Å². The van der Waals surface area contributed by atoms with Gasteiger partial charge in [0.05, 0.1) is 0 Å². The third-order valence-electron chi connectivity index (χ3n) is 4.01. The highest BCUT2D eigenvalue weighted by Gasteiger charge is 2.23. The number of hydrogen-bond donors (Lipinski definition) is 1. The zero-order valence-corrected chi connectivity index (χ0v) is 13.6. The van der Waals surface area contributed by atoms with Crippen LogP contribution >= 0.6 is 23.5 Å². The van der Waals surface area contributed by atoms with E-state index in [0.717, 1.165) is 18.2 Å². The number of hydrogen-bond acceptors (Lipinski definition) is 4. The van der Waals surface area contributed by atoms with Crippen molar-refractivity contribution in [1.82, 2.24) is 10.2 Å². The molecule has 2 atom stereocenters. The summed E-state index contributed by atoms with van der Waals surface area (Å²) in [5.74, 6) is 4.03. The third-order valence-corrected chi connectivity index (χ3v) is 6.84. The molecule has 3 rings (SSSR count). The molecule has 2 fully saturated rings. The fourth-order valence-corrected chi connectivity index (χ4v) is 5.74. The van der Waals surface area contributed by atoms with E-state index in [-0.39, 0.29) is 0 Å². The van der Waals surface area contributed by atoms with Gasteiger partial charge in [0.15, 0.2) is 0 Å². The fourth-order valence-electron chi connectivity index (χ4n) is 3.03. The van der Waals surface area contributed by atoms with Gasteiger partial charge in [0, 0.05) is 54.7 Å². The molecule has 1 aromatic rings. The van der Waals surface area contributed by atoms with Crippen LogP contribution in [0.25, 0.3) is 0 Å². The van der Waals surface area contributed by atoms with E-state index in [9.17, 15) is 0 Å². The minimum atomic E-state index is 0.618. The molecule has 4 heteroatoms. The second kappa shape index (κ2) is 7.74. The Kier molecular flexibility index (Phi) is 5.71. The first-order chi connectivity index (χ1) is 9.90. The summed E-state index contributed by atoms with van der Waals surface area (Å²) >= 11 is 4.31. The highest BCUT2D eigenvalue weighted by atomic mass is 32.2. The Morgan fingerprint density at radius 2 is 2.10 bits per heavy atom. The topological polar surface area (TPSA) is 15.3 Å². The third kappa shape index (κ3) is 4.42. The van der Waals surface area contributed by atoms with Crippen LogP contribution in [0.15, 0.2) is 30.3 Å². The Morgan fingerprint density at radius 3 is 2.90 bits per heavy atom. The van der Waals surface area contributed by atoms with E-state index in [0.29, 0.717) is 6.04 Å². The number of nitrogens with one attached hydrogen (secondary N) is 1. The molecule has 0 bridgehead atoms. The largest absolute Gasteiger partial charge is 0.311 e. The van der Waals surface area contributed by atoms with Gasteiger partial charge in [0.2, 0.25) is 0 Å². The monoisotopic (exact) mass is 308 g/mol. The first-order valence-electron chi connectivity index (χ1n) is 7.59. The van der Waals surface area contributed by atoms with Crippen molar-refractivity contribution >= 4 is 23.5 Å². The van der Waals surface area contributed by atoms with Crippen LogP contribution in [-0.2, 0) is 6.42 Å². The zero-order valence-electron chi connectivity index (χ0n) is 12.0. The number of nitrogens with zero attached hydrogens (tertiary/aromatic N) is 1. The van der Waals surface area contributed by atoms with E-state index in [2.05, 4.69) is 64.1 Å². The number of piperazine rings is 1. The summed E-state index contributed by atoms with van der Waals surface area (Å²) in [6.45, 7) is 4.84. The quantitative estimate of drug-likeness (QED) is 0.918. The van der Waals surface area contributed by atoms with Crippen molar-refractivity contribution in [2.45, 2.75) is 17.7 Å². The molecule has 0 radical (unpaired) electrons. The molecule has 2 saturated heterocycles. The van der Waals surface area contributed by atoms with Gasteiger partial charge in [-0.1, -0.05) is 30.3 Å². The second-order valence-electron chi connectivity index (χ2n) is 5.67. The molecule has 110 valence electrons. The van der Waals surface area contributed by atoms with Gasteiger partial charge in [0.1, 0.15) is 0 Å². The van der Waals surface area contributed by atoms with Crippen LogP contribution in [0.4, 0.5) is 0 Å². The number of thioether (sulfide) groups is 2. The van der Waals surface area contributed by atoms with Gasteiger partial charge in [-0.3, -0.25) is 4.90 Å². The molecule has 0 saturated carbocycles. The smallest absolute Gasteiger partial charge is 0.0265 e. The zero-order chi connectivity index (χ0) is 13.6. The van der Waals surface area contributed by atoms with Gasteiger partial charge >= 0.3 is 0 Å². The van der Waals surface area contributed by atoms with E-state index >= 15 is 0 Å². The summed E-state index contributed by atoms with van der Waals surface area (Å²) < 4.78 is 0. The van der Waals surface area contributed by atoms with Crippen molar-refractivity contribution in [1.29, 1.82) is 0 Å². The first-order valence-corrected chi connectivity index (χ1v) is 9.79. The first kappa shape index (κ1) is 14.8. The predicted octanol–water partition coefficient (Wildman–Crippen LogP) is 2.35. The lowest BCUT2D eigenvalue weighted by molar-refractivity contribution is 0.202. The molecular formula is C16H24N2S2. The molecule has 0 spiro atoms.